The summed E-state index contributed by atoms with van der Waals surface area (Å²) in [4.78, 5) is 39.0. The lowest BCUT2D eigenvalue weighted by atomic mass is 10.1. The monoisotopic (exact) mass is 433 g/mol. The number of barbiturate groups is 1. The number of para-hydroxylation sites is 1. The fourth-order valence-corrected chi connectivity index (χ4v) is 3.85. The zero-order valence-electron chi connectivity index (χ0n) is 17.3. The normalized spacial score (nSPS) is 15.5. The molecule has 6 nitrogen and oxygen atoms in total. The van der Waals surface area contributed by atoms with Gasteiger partial charge in [0.2, 0.25) is 0 Å². The van der Waals surface area contributed by atoms with Crippen LogP contribution in [0.15, 0.2) is 60.2 Å². The fraction of sp³-hybridized carbons (Fsp3) is 0.125. The summed E-state index contributed by atoms with van der Waals surface area (Å²) >= 11 is 6.17. The number of rotatable bonds is 3. The summed E-state index contributed by atoms with van der Waals surface area (Å²) in [5, 5.41) is 2.67. The van der Waals surface area contributed by atoms with Crippen LogP contribution < -0.4 is 10.2 Å². The minimum absolute atomic E-state index is 0.121. The highest BCUT2D eigenvalue weighted by atomic mass is 35.5. The van der Waals surface area contributed by atoms with Gasteiger partial charge in [-0.1, -0.05) is 35.9 Å². The van der Waals surface area contributed by atoms with E-state index in [1.165, 1.54) is 12.1 Å². The fourth-order valence-electron chi connectivity index (χ4n) is 3.68. The lowest BCUT2D eigenvalue weighted by molar-refractivity contribution is -0.122. The van der Waals surface area contributed by atoms with Crippen molar-refractivity contribution < 1.29 is 14.4 Å². The van der Waals surface area contributed by atoms with Crippen molar-refractivity contribution >= 4 is 41.2 Å². The average molecular weight is 434 g/mol. The van der Waals surface area contributed by atoms with Crippen LogP contribution in [0.1, 0.15) is 22.5 Å². The molecule has 3 aromatic rings. The van der Waals surface area contributed by atoms with Crippen molar-refractivity contribution in [2.45, 2.75) is 20.8 Å². The number of hydrogen-bond donors (Lipinski definition) is 1. The number of aromatic nitrogens is 1. The standard InChI is InChI=1S/C24H20ClN3O3/c1-14-9-10-19(13-21(14)25)28-23(30)20(22(29)26-24(28)31)12-17-11-15(2)27(16(17)3)18-7-5-4-6-8-18/h4-13H,1-3H3,(H,26,29,31)/b20-12-. The summed E-state index contributed by atoms with van der Waals surface area (Å²) in [6.07, 6.45) is 1.52. The Morgan fingerprint density at radius 3 is 2.29 bits per heavy atom. The van der Waals surface area contributed by atoms with E-state index >= 15 is 0 Å². The van der Waals surface area contributed by atoms with Gasteiger partial charge in [-0.15, -0.1) is 0 Å². The number of benzene rings is 2. The Balaban J connectivity index is 1.77. The van der Waals surface area contributed by atoms with Crippen LogP contribution in [0.25, 0.3) is 11.8 Å². The largest absolute Gasteiger partial charge is 0.335 e. The maximum absolute atomic E-state index is 13.1. The number of halogens is 1. The lowest BCUT2D eigenvalue weighted by Crippen LogP contribution is -2.54. The van der Waals surface area contributed by atoms with Gasteiger partial charge in [0.1, 0.15) is 5.57 Å². The molecule has 0 bridgehead atoms. The molecular weight excluding hydrogens is 414 g/mol. The van der Waals surface area contributed by atoms with Crippen molar-refractivity contribution in [3.05, 3.63) is 87.7 Å². The Morgan fingerprint density at radius 1 is 0.903 bits per heavy atom. The van der Waals surface area contributed by atoms with Crippen LogP contribution in [0.5, 0.6) is 0 Å². The predicted octanol–water partition coefficient (Wildman–Crippen LogP) is 4.72. The van der Waals surface area contributed by atoms with E-state index in [0.717, 1.165) is 33.1 Å². The Kier molecular flexibility index (Phi) is 5.25. The third-order valence-electron chi connectivity index (χ3n) is 5.30. The van der Waals surface area contributed by atoms with Crippen LogP contribution in [0.3, 0.4) is 0 Å². The van der Waals surface area contributed by atoms with E-state index in [4.69, 9.17) is 11.6 Å². The van der Waals surface area contributed by atoms with Crippen LogP contribution in [0, 0.1) is 20.8 Å². The molecule has 1 aliphatic rings. The second kappa shape index (κ2) is 7.89. The van der Waals surface area contributed by atoms with E-state index in [-0.39, 0.29) is 5.57 Å². The molecule has 1 saturated heterocycles. The molecule has 0 saturated carbocycles. The van der Waals surface area contributed by atoms with Crippen LogP contribution in [0.4, 0.5) is 10.5 Å². The maximum Gasteiger partial charge on any atom is 0.335 e. The van der Waals surface area contributed by atoms with Crippen molar-refractivity contribution in [3.8, 4) is 5.69 Å². The summed E-state index contributed by atoms with van der Waals surface area (Å²) in [5.74, 6) is -1.42. The van der Waals surface area contributed by atoms with Crippen LogP contribution in [-0.4, -0.2) is 22.4 Å². The highest BCUT2D eigenvalue weighted by molar-refractivity contribution is 6.39. The Morgan fingerprint density at radius 2 is 1.61 bits per heavy atom. The number of aryl methyl sites for hydroxylation is 2. The number of nitrogens with one attached hydrogen (secondary N) is 1. The van der Waals surface area contributed by atoms with Gasteiger partial charge < -0.3 is 4.57 Å². The number of anilines is 1. The molecule has 0 radical (unpaired) electrons. The number of carbonyl (C=O) groups is 3. The quantitative estimate of drug-likeness (QED) is 0.479. The molecule has 0 unspecified atom stereocenters. The first-order chi connectivity index (χ1) is 14.8. The van der Waals surface area contributed by atoms with Crippen LogP contribution in [0.2, 0.25) is 5.02 Å². The molecule has 4 rings (SSSR count). The van der Waals surface area contributed by atoms with Crippen LogP contribution >= 0.6 is 11.6 Å². The molecule has 2 aromatic carbocycles. The van der Waals surface area contributed by atoms with E-state index < -0.39 is 17.8 Å². The van der Waals surface area contributed by atoms with Gasteiger partial charge in [0.15, 0.2) is 0 Å². The van der Waals surface area contributed by atoms with Gasteiger partial charge >= 0.3 is 6.03 Å². The Hall–Kier alpha value is -3.64. The van der Waals surface area contributed by atoms with E-state index in [2.05, 4.69) is 5.32 Å². The second-order valence-corrected chi connectivity index (χ2v) is 7.80. The summed E-state index contributed by atoms with van der Waals surface area (Å²) < 4.78 is 2.04. The zero-order chi connectivity index (χ0) is 22.3. The molecular formula is C24H20ClN3O3. The topological polar surface area (TPSA) is 71.4 Å². The minimum atomic E-state index is -0.804. The maximum atomic E-state index is 13.1. The van der Waals surface area contributed by atoms with E-state index in [1.54, 1.807) is 12.1 Å². The summed E-state index contributed by atoms with van der Waals surface area (Å²) in [6, 6.07) is 15.8. The Bertz CT molecular complexity index is 1260. The van der Waals surface area contributed by atoms with Gasteiger partial charge in [0.25, 0.3) is 11.8 Å². The first kappa shape index (κ1) is 20.6. The molecule has 4 amide bonds. The Labute approximate surface area is 184 Å². The van der Waals surface area contributed by atoms with Crippen molar-refractivity contribution in [1.29, 1.82) is 0 Å². The highest BCUT2D eigenvalue weighted by Gasteiger charge is 2.37. The number of hydrogen-bond acceptors (Lipinski definition) is 3. The third-order valence-corrected chi connectivity index (χ3v) is 5.71. The van der Waals surface area contributed by atoms with Gasteiger partial charge in [-0.25, -0.2) is 9.69 Å². The molecule has 7 heteroatoms. The highest BCUT2D eigenvalue weighted by Crippen LogP contribution is 2.28. The number of carbonyl (C=O) groups excluding carboxylic acids is 3. The van der Waals surface area contributed by atoms with E-state index in [1.807, 2.05) is 61.7 Å². The predicted molar refractivity (Wildman–Crippen MR) is 120 cm³/mol. The van der Waals surface area contributed by atoms with E-state index in [9.17, 15) is 14.4 Å². The summed E-state index contributed by atoms with van der Waals surface area (Å²) in [5.41, 5.74) is 4.52. The molecule has 1 fully saturated rings. The first-order valence-electron chi connectivity index (χ1n) is 9.70. The first-order valence-corrected chi connectivity index (χ1v) is 10.1. The molecule has 0 atom stereocenters. The van der Waals surface area contributed by atoms with Gasteiger partial charge in [-0.3, -0.25) is 14.9 Å². The van der Waals surface area contributed by atoms with E-state index in [0.29, 0.717) is 10.7 Å². The summed E-state index contributed by atoms with van der Waals surface area (Å²) in [6.45, 7) is 5.69. The number of urea groups is 1. The van der Waals surface area contributed by atoms with Crippen LogP contribution in [-0.2, 0) is 9.59 Å². The summed E-state index contributed by atoms with van der Waals surface area (Å²) in [7, 11) is 0. The third kappa shape index (κ3) is 3.66. The number of imide groups is 2. The average Bonchev–Trinajstić information content (AvgIpc) is 3.01. The van der Waals surface area contributed by atoms with Gasteiger partial charge in [0, 0.05) is 22.1 Å². The second-order valence-electron chi connectivity index (χ2n) is 7.39. The molecule has 0 aliphatic carbocycles. The molecule has 1 aromatic heterocycles. The van der Waals surface area contributed by atoms with Gasteiger partial charge in [-0.05, 0) is 68.3 Å². The molecule has 0 spiro atoms. The zero-order valence-corrected chi connectivity index (χ0v) is 18.0. The molecule has 31 heavy (non-hydrogen) atoms. The number of nitrogens with zero attached hydrogens (tertiary/aromatic N) is 2. The van der Waals surface area contributed by atoms with Gasteiger partial charge in [-0.2, -0.15) is 0 Å². The smallest absolute Gasteiger partial charge is 0.318 e. The van der Waals surface area contributed by atoms with Crippen molar-refractivity contribution in [2.75, 3.05) is 4.90 Å². The van der Waals surface area contributed by atoms with Crippen molar-refractivity contribution in [2.24, 2.45) is 0 Å². The van der Waals surface area contributed by atoms with Crippen molar-refractivity contribution in [1.82, 2.24) is 9.88 Å². The lowest BCUT2D eigenvalue weighted by Gasteiger charge is -2.26. The van der Waals surface area contributed by atoms with Gasteiger partial charge in [0.05, 0.1) is 5.69 Å². The molecule has 156 valence electrons. The molecule has 1 N–H and O–H groups in total. The minimum Gasteiger partial charge on any atom is -0.318 e. The molecule has 2 heterocycles. The number of amides is 4. The SMILES string of the molecule is Cc1ccc(N2C(=O)NC(=O)/C(=C/c3cc(C)n(-c4ccccc4)c3C)C2=O)cc1Cl. The van der Waals surface area contributed by atoms with Crippen molar-refractivity contribution in [3.63, 3.8) is 0 Å². The molecule has 1 aliphatic heterocycles.